The van der Waals surface area contributed by atoms with Gasteiger partial charge in [-0.3, -0.25) is 4.79 Å². The molecular formula is C17H23N3O2. The number of methoxy groups -OCH3 is 1. The third kappa shape index (κ3) is 4.62. The van der Waals surface area contributed by atoms with Crippen LogP contribution in [-0.2, 0) is 11.3 Å². The molecule has 0 aliphatic heterocycles. The van der Waals surface area contributed by atoms with Crippen molar-refractivity contribution in [3.05, 3.63) is 48.5 Å². The Labute approximate surface area is 131 Å². The number of amides is 1. The first-order valence-corrected chi connectivity index (χ1v) is 7.60. The summed E-state index contributed by atoms with van der Waals surface area (Å²) in [6, 6.07) is 7.87. The minimum atomic E-state index is 0.0583. The van der Waals surface area contributed by atoms with E-state index in [-0.39, 0.29) is 11.9 Å². The highest BCUT2D eigenvalue weighted by Crippen LogP contribution is 2.17. The Morgan fingerprint density at radius 1 is 1.36 bits per heavy atom. The maximum atomic E-state index is 12.2. The summed E-state index contributed by atoms with van der Waals surface area (Å²) < 4.78 is 7.13. The molecule has 0 spiro atoms. The minimum Gasteiger partial charge on any atom is -0.497 e. The molecule has 1 heterocycles. The fourth-order valence-electron chi connectivity index (χ4n) is 2.41. The monoisotopic (exact) mass is 301 g/mol. The Hall–Kier alpha value is -2.30. The summed E-state index contributed by atoms with van der Waals surface area (Å²) in [6.45, 7) is 2.66. The van der Waals surface area contributed by atoms with E-state index in [2.05, 4.69) is 17.2 Å². The standard InChI is InChI=1S/C17H23N3O2/c1-3-4-15(20-10-9-18-13-20)11-17(21)19-12-14-5-7-16(22-2)8-6-14/h5-10,13,15H,3-4,11-12H2,1-2H3,(H,19,21)/t15-/m0/s1. The third-order valence-electron chi connectivity index (χ3n) is 3.64. The molecule has 1 N–H and O–H groups in total. The number of nitrogens with zero attached hydrogens (tertiary/aromatic N) is 2. The van der Waals surface area contributed by atoms with Crippen LogP contribution in [0.1, 0.15) is 37.8 Å². The van der Waals surface area contributed by atoms with Gasteiger partial charge in [0, 0.05) is 31.4 Å². The molecule has 0 bridgehead atoms. The largest absolute Gasteiger partial charge is 0.497 e. The molecule has 1 aromatic heterocycles. The normalized spacial score (nSPS) is 11.9. The second-order valence-corrected chi connectivity index (χ2v) is 5.28. The van der Waals surface area contributed by atoms with Crippen LogP contribution in [0.4, 0.5) is 0 Å². The summed E-state index contributed by atoms with van der Waals surface area (Å²) in [5.41, 5.74) is 1.06. The smallest absolute Gasteiger partial charge is 0.222 e. The van der Waals surface area contributed by atoms with E-state index in [1.54, 1.807) is 19.6 Å². The van der Waals surface area contributed by atoms with Gasteiger partial charge in [-0.2, -0.15) is 0 Å². The lowest BCUT2D eigenvalue weighted by Crippen LogP contribution is -2.26. The Kier molecular flexibility index (Phi) is 6.01. The number of carbonyl (C=O) groups excluding carboxylic acids is 1. The zero-order valence-corrected chi connectivity index (χ0v) is 13.2. The van der Waals surface area contributed by atoms with Crippen LogP contribution in [0.5, 0.6) is 5.75 Å². The number of ether oxygens (including phenoxy) is 1. The van der Waals surface area contributed by atoms with Gasteiger partial charge in [0.05, 0.1) is 13.4 Å². The summed E-state index contributed by atoms with van der Waals surface area (Å²) in [7, 11) is 1.64. The van der Waals surface area contributed by atoms with E-state index >= 15 is 0 Å². The Balaban J connectivity index is 1.85. The molecule has 0 saturated heterocycles. The van der Waals surface area contributed by atoms with Crippen LogP contribution in [0.15, 0.2) is 43.0 Å². The molecule has 5 heteroatoms. The van der Waals surface area contributed by atoms with Crippen molar-refractivity contribution >= 4 is 5.91 Å². The van der Waals surface area contributed by atoms with Gasteiger partial charge in [-0.15, -0.1) is 0 Å². The summed E-state index contributed by atoms with van der Waals surface area (Å²) in [5.74, 6) is 0.876. The SMILES string of the molecule is CCC[C@@H](CC(=O)NCc1ccc(OC)cc1)n1ccnc1. The quantitative estimate of drug-likeness (QED) is 0.815. The van der Waals surface area contributed by atoms with E-state index < -0.39 is 0 Å². The highest BCUT2D eigenvalue weighted by molar-refractivity contribution is 5.76. The zero-order valence-electron chi connectivity index (χ0n) is 13.2. The fourth-order valence-corrected chi connectivity index (χ4v) is 2.41. The number of benzene rings is 1. The second-order valence-electron chi connectivity index (χ2n) is 5.28. The topological polar surface area (TPSA) is 56.1 Å². The number of aromatic nitrogens is 2. The lowest BCUT2D eigenvalue weighted by atomic mass is 10.1. The first kappa shape index (κ1) is 16.1. The van der Waals surface area contributed by atoms with Gasteiger partial charge in [-0.25, -0.2) is 4.98 Å². The summed E-state index contributed by atoms with van der Waals surface area (Å²) in [4.78, 5) is 16.2. The first-order chi connectivity index (χ1) is 10.7. The third-order valence-corrected chi connectivity index (χ3v) is 3.64. The lowest BCUT2D eigenvalue weighted by Gasteiger charge is -2.17. The molecule has 1 amide bonds. The van der Waals surface area contributed by atoms with Crippen LogP contribution in [0.25, 0.3) is 0 Å². The van der Waals surface area contributed by atoms with Crippen molar-refractivity contribution in [1.82, 2.24) is 14.9 Å². The van der Waals surface area contributed by atoms with E-state index in [0.717, 1.165) is 24.2 Å². The average Bonchev–Trinajstić information content (AvgIpc) is 3.07. The average molecular weight is 301 g/mol. The van der Waals surface area contributed by atoms with E-state index in [4.69, 9.17) is 4.74 Å². The van der Waals surface area contributed by atoms with Crippen LogP contribution in [0.3, 0.4) is 0 Å². The van der Waals surface area contributed by atoms with Gasteiger partial charge in [0.15, 0.2) is 0 Å². The number of carbonyl (C=O) groups is 1. The minimum absolute atomic E-state index is 0.0583. The highest BCUT2D eigenvalue weighted by Gasteiger charge is 2.14. The Morgan fingerprint density at radius 2 is 2.14 bits per heavy atom. The molecule has 0 unspecified atom stereocenters. The molecule has 1 aromatic carbocycles. The van der Waals surface area contributed by atoms with Crippen LogP contribution >= 0.6 is 0 Å². The van der Waals surface area contributed by atoms with Crippen LogP contribution < -0.4 is 10.1 Å². The molecule has 0 fully saturated rings. The maximum absolute atomic E-state index is 12.2. The summed E-state index contributed by atoms with van der Waals surface area (Å²) >= 11 is 0. The van der Waals surface area contributed by atoms with Crippen LogP contribution in [0, 0.1) is 0 Å². The Morgan fingerprint density at radius 3 is 2.73 bits per heavy atom. The van der Waals surface area contributed by atoms with E-state index in [9.17, 15) is 4.79 Å². The van der Waals surface area contributed by atoms with Gasteiger partial charge in [0.25, 0.3) is 0 Å². The molecule has 1 atom stereocenters. The highest BCUT2D eigenvalue weighted by atomic mass is 16.5. The maximum Gasteiger partial charge on any atom is 0.222 e. The van der Waals surface area contributed by atoms with Crippen LogP contribution in [-0.4, -0.2) is 22.6 Å². The molecule has 22 heavy (non-hydrogen) atoms. The van der Waals surface area contributed by atoms with Crippen molar-refractivity contribution in [1.29, 1.82) is 0 Å². The lowest BCUT2D eigenvalue weighted by molar-refractivity contribution is -0.122. The molecule has 2 aromatic rings. The molecule has 2 rings (SSSR count). The van der Waals surface area contributed by atoms with E-state index in [0.29, 0.717) is 13.0 Å². The Bertz CT molecular complexity index is 564. The molecule has 5 nitrogen and oxygen atoms in total. The van der Waals surface area contributed by atoms with Gasteiger partial charge in [0.2, 0.25) is 5.91 Å². The van der Waals surface area contributed by atoms with Gasteiger partial charge in [-0.1, -0.05) is 25.5 Å². The van der Waals surface area contributed by atoms with E-state index in [1.165, 1.54) is 0 Å². The van der Waals surface area contributed by atoms with Crippen molar-refractivity contribution in [2.24, 2.45) is 0 Å². The van der Waals surface area contributed by atoms with Gasteiger partial charge >= 0.3 is 0 Å². The molecular weight excluding hydrogens is 278 g/mol. The second kappa shape index (κ2) is 8.22. The van der Waals surface area contributed by atoms with E-state index in [1.807, 2.05) is 35.0 Å². The number of hydrogen-bond acceptors (Lipinski definition) is 3. The van der Waals surface area contributed by atoms with Crippen molar-refractivity contribution in [3.63, 3.8) is 0 Å². The van der Waals surface area contributed by atoms with Crippen LogP contribution in [0.2, 0.25) is 0 Å². The first-order valence-electron chi connectivity index (χ1n) is 7.60. The molecule has 0 aliphatic rings. The number of hydrogen-bond donors (Lipinski definition) is 1. The van der Waals surface area contributed by atoms with Crippen molar-refractivity contribution in [3.8, 4) is 5.75 Å². The van der Waals surface area contributed by atoms with Crippen molar-refractivity contribution in [2.75, 3.05) is 7.11 Å². The summed E-state index contributed by atoms with van der Waals surface area (Å²) in [6.07, 6.45) is 7.91. The van der Waals surface area contributed by atoms with Crippen molar-refractivity contribution < 1.29 is 9.53 Å². The molecule has 0 aliphatic carbocycles. The van der Waals surface area contributed by atoms with Crippen molar-refractivity contribution in [2.45, 2.75) is 38.8 Å². The molecule has 0 saturated carbocycles. The predicted octanol–water partition coefficient (Wildman–Crippen LogP) is 2.94. The number of nitrogens with one attached hydrogen (secondary N) is 1. The molecule has 0 radical (unpaired) electrons. The number of rotatable bonds is 8. The number of imidazole rings is 1. The van der Waals surface area contributed by atoms with Gasteiger partial charge in [0.1, 0.15) is 5.75 Å². The van der Waals surface area contributed by atoms with Gasteiger partial charge < -0.3 is 14.6 Å². The van der Waals surface area contributed by atoms with Gasteiger partial charge in [-0.05, 0) is 24.1 Å². The predicted molar refractivity (Wildman–Crippen MR) is 85.6 cm³/mol. The summed E-state index contributed by atoms with van der Waals surface area (Å²) in [5, 5.41) is 2.97. The molecule has 118 valence electrons. The zero-order chi connectivity index (χ0) is 15.8. The fraction of sp³-hybridized carbons (Fsp3) is 0.412.